The molecule has 0 saturated carbocycles. The molecule has 1 fully saturated rings. The standard InChI is InChI=1S/C18H26N2O4/c1-18(2,3)24-17(22)20-12-14(10-15(20)16(21)23-4)19-11-13-8-6-5-7-9-13/h5-9,14-15,19H,10-12H2,1-4H3/t14-,15-/m0/s1. The van der Waals surface area contributed by atoms with E-state index in [2.05, 4.69) is 5.32 Å². The number of nitrogens with zero attached hydrogens (tertiary/aromatic N) is 1. The molecule has 6 heteroatoms. The van der Waals surface area contributed by atoms with E-state index in [4.69, 9.17) is 9.47 Å². The third-order valence-electron chi connectivity index (χ3n) is 3.84. The lowest BCUT2D eigenvalue weighted by Crippen LogP contribution is -2.44. The maximum absolute atomic E-state index is 12.4. The minimum atomic E-state index is -0.613. The highest BCUT2D eigenvalue weighted by molar-refractivity contribution is 5.82. The van der Waals surface area contributed by atoms with Crippen LogP contribution in [0.15, 0.2) is 30.3 Å². The average Bonchev–Trinajstić information content (AvgIpc) is 2.96. The molecule has 1 aromatic rings. The number of hydrogen-bond donors (Lipinski definition) is 1. The van der Waals surface area contributed by atoms with Crippen LogP contribution < -0.4 is 5.32 Å². The number of ether oxygens (including phenoxy) is 2. The van der Waals surface area contributed by atoms with Crippen molar-refractivity contribution in [2.45, 2.75) is 51.4 Å². The third kappa shape index (κ3) is 4.96. The predicted molar refractivity (Wildman–Crippen MR) is 90.4 cm³/mol. The van der Waals surface area contributed by atoms with Crippen molar-refractivity contribution in [3.8, 4) is 0 Å². The van der Waals surface area contributed by atoms with Crippen LogP contribution in [0, 0.1) is 0 Å². The highest BCUT2D eigenvalue weighted by Gasteiger charge is 2.41. The van der Waals surface area contributed by atoms with Crippen molar-refractivity contribution in [3.05, 3.63) is 35.9 Å². The summed E-state index contributed by atoms with van der Waals surface area (Å²) in [6.45, 7) is 6.51. The second-order valence-corrected chi connectivity index (χ2v) is 6.97. The first-order valence-electron chi connectivity index (χ1n) is 8.15. The van der Waals surface area contributed by atoms with Gasteiger partial charge in [-0.15, -0.1) is 0 Å². The average molecular weight is 334 g/mol. The van der Waals surface area contributed by atoms with E-state index >= 15 is 0 Å². The topological polar surface area (TPSA) is 67.9 Å². The molecule has 2 atom stereocenters. The maximum Gasteiger partial charge on any atom is 0.411 e. The number of carbonyl (C=O) groups excluding carboxylic acids is 2. The molecule has 0 radical (unpaired) electrons. The monoisotopic (exact) mass is 334 g/mol. The predicted octanol–water partition coefficient (Wildman–Crippen LogP) is 2.33. The molecule has 1 aliphatic rings. The Morgan fingerprint density at radius 2 is 1.92 bits per heavy atom. The second kappa shape index (κ2) is 7.66. The van der Waals surface area contributed by atoms with E-state index in [0.717, 1.165) is 5.56 Å². The van der Waals surface area contributed by atoms with Crippen LogP contribution in [0.25, 0.3) is 0 Å². The molecular formula is C18H26N2O4. The maximum atomic E-state index is 12.4. The van der Waals surface area contributed by atoms with E-state index in [-0.39, 0.29) is 6.04 Å². The normalized spacial score (nSPS) is 20.8. The van der Waals surface area contributed by atoms with Gasteiger partial charge in [0, 0.05) is 19.1 Å². The highest BCUT2D eigenvalue weighted by atomic mass is 16.6. The van der Waals surface area contributed by atoms with E-state index in [1.165, 1.54) is 12.0 Å². The summed E-state index contributed by atoms with van der Waals surface area (Å²) in [7, 11) is 1.33. The Hall–Kier alpha value is -2.08. The molecule has 2 rings (SSSR count). The first-order valence-corrected chi connectivity index (χ1v) is 8.15. The van der Waals surface area contributed by atoms with E-state index in [0.29, 0.717) is 19.5 Å². The Bertz CT molecular complexity index is 568. The van der Waals surface area contributed by atoms with Crippen LogP contribution in [0.5, 0.6) is 0 Å². The molecule has 0 unspecified atom stereocenters. The number of hydrogen-bond acceptors (Lipinski definition) is 5. The number of nitrogens with one attached hydrogen (secondary N) is 1. The van der Waals surface area contributed by atoms with Gasteiger partial charge in [0.25, 0.3) is 0 Å². The van der Waals surface area contributed by atoms with Gasteiger partial charge in [0.2, 0.25) is 0 Å². The van der Waals surface area contributed by atoms with Crippen molar-refractivity contribution < 1.29 is 19.1 Å². The zero-order valence-corrected chi connectivity index (χ0v) is 14.7. The molecular weight excluding hydrogens is 308 g/mol. The molecule has 0 bridgehead atoms. The Kier molecular flexibility index (Phi) is 5.83. The largest absolute Gasteiger partial charge is 0.467 e. The van der Waals surface area contributed by atoms with Gasteiger partial charge in [-0.2, -0.15) is 0 Å². The number of likely N-dealkylation sites (tertiary alicyclic amines) is 1. The molecule has 1 aliphatic heterocycles. The van der Waals surface area contributed by atoms with E-state index in [1.54, 1.807) is 20.8 Å². The van der Waals surface area contributed by atoms with Crippen LogP contribution in [0.3, 0.4) is 0 Å². The molecule has 0 aromatic heterocycles. The van der Waals surface area contributed by atoms with Crippen molar-refractivity contribution in [2.75, 3.05) is 13.7 Å². The van der Waals surface area contributed by atoms with Crippen LogP contribution in [0.4, 0.5) is 4.79 Å². The molecule has 1 amide bonds. The summed E-state index contributed by atoms with van der Waals surface area (Å²) in [5.74, 6) is -0.412. The van der Waals surface area contributed by atoms with Gasteiger partial charge in [0.15, 0.2) is 0 Å². The molecule has 0 aliphatic carbocycles. The number of amides is 1. The van der Waals surface area contributed by atoms with Gasteiger partial charge in [0.1, 0.15) is 11.6 Å². The summed E-state index contributed by atoms with van der Waals surface area (Å²) in [4.78, 5) is 25.9. The van der Waals surface area contributed by atoms with Crippen LogP contribution in [0.2, 0.25) is 0 Å². The van der Waals surface area contributed by atoms with E-state index < -0.39 is 23.7 Å². The van der Waals surface area contributed by atoms with Crippen molar-refractivity contribution >= 4 is 12.1 Å². The fourth-order valence-corrected chi connectivity index (χ4v) is 2.72. The number of rotatable bonds is 4. The summed E-state index contributed by atoms with van der Waals surface area (Å²) in [5, 5.41) is 3.40. The molecule has 1 saturated heterocycles. The van der Waals surface area contributed by atoms with E-state index in [9.17, 15) is 9.59 Å². The van der Waals surface area contributed by atoms with Gasteiger partial charge in [-0.05, 0) is 32.8 Å². The van der Waals surface area contributed by atoms with Crippen molar-refractivity contribution in [3.63, 3.8) is 0 Å². The van der Waals surface area contributed by atoms with Gasteiger partial charge in [-0.25, -0.2) is 9.59 Å². The van der Waals surface area contributed by atoms with Crippen LogP contribution >= 0.6 is 0 Å². The zero-order valence-electron chi connectivity index (χ0n) is 14.7. The lowest BCUT2D eigenvalue weighted by molar-refractivity contribution is -0.145. The Balaban J connectivity index is 2.01. The number of esters is 1. The van der Waals surface area contributed by atoms with E-state index in [1.807, 2.05) is 30.3 Å². The quantitative estimate of drug-likeness (QED) is 0.856. The molecule has 1 heterocycles. The molecule has 6 nitrogen and oxygen atoms in total. The first-order chi connectivity index (χ1) is 11.3. The Morgan fingerprint density at radius 3 is 2.50 bits per heavy atom. The lowest BCUT2D eigenvalue weighted by atomic mass is 10.1. The van der Waals surface area contributed by atoms with Gasteiger partial charge < -0.3 is 14.8 Å². The second-order valence-electron chi connectivity index (χ2n) is 6.97. The Morgan fingerprint density at radius 1 is 1.25 bits per heavy atom. The summed E-state index contributed by atoms with van der Waals surface area (Å²) in [6, 6.07) is 9.40. The zero-order chi connectivity index (χ0) is 17.7. The van der Waals surface area contributed by atoms with Crippen LogP contribution in [-0.4, -0.2) is 48.3 Å². The highest BCUT2D eigenvalue weighted by Crippen LogP contribution is 2.22. The number of methoxy groups -OCH3 is 1. The first kappa shape index (κ1) is 18.3. The smallest absolute Gasteiger partial charge is 0.411 e. The third-order valence-corrected chi connectivity index (χ3v) is 3.84. The number of benzene rings is 1. The SMILES string of the molecule is COC(=O)[C@@H]1C[C@H](NCc2ccccc2)CN1C(=O)OC(C)(C)C. The summed E-state index contributed by atoms with van der Waals surface area (Å²) < 4.78 is 10.2. The molecule has 1 aromatic carbocycles. The van der Waals surface area contributed by atoms with Crippen molar-refractivity contribution in [1.82, 2.24) is 10.2 Å². The fraction of sp³-hybridized carbons (Fsp3) is 0.556. The molecule has 0 spiro atoms. The lowest BCUT2D eigenvalue weighted by Gasteiger charge is -2.27. The Labute approximate surface area is 143 Å². The fourth-order valence-electron chi connectivity index (χ4n) is 2.72. The summed E-state index contributed by atoms with van der Waals surface area (Å²) in [5.41, 5.74) is 0.552. The minimum absolute atomic E-state index is 0.0156. The minimum Gasteiger partial charge on any atom is -0.467 e. The van der Waals surface area contributed by atoms with Gasteiger partial charge >= 0.3 is 12.1 Å². The van der Waals surface area contributed by atoms with Gasteiger partial charge in [-0.1, -0.05) is 30.3 Å². The van der Waals surface area contributed by atoms with Crippen molar-refractivity contribution in [1.29, 1.82) is 0 Å². The molecule has 132 valence electrons. The van der Waals surface area contributed by atoms with Crippen molar-refractivity contribution in [2.24, 2.45) is 0 Å². The molecule has 24 heavy (non-hydrogen) atoms. The summed E-state index contributed by atoms with van der Waals surface area (Å²) >= 11 is 0. The van der Waals surface area contributed by atoms with Gasteiger partial charge in [-0.3, -0.25) is 4.90 Å². The molecule has 1 N–H and O–H groups in total. The van der Waals surface area contributed by atoms with Gasteiger partial charge in [0.05, 0.1) is 7.11 Å². The number of carbonyl (C=O) groups is 2. The summed E-state index contributed by atoms with van der Waals surface area (Å²) in [6.07, 6.45) is 0.0283. The van der Waals surface area contributed by atoms with Crippen LogP contribution in [0.1, 0.15) is 32.8 Å². The van der Waals surface area contributed by atoms with Crippen LogP contribution in [-0.2, 0) is 20.8 Å².